The molecule has 0 unspecified atom stereocenters. The number of aliphatic imine (C=N–C) groups is 1. The lowest BCUT2D eigenvalue weighted by Crippen LogP contribution is -2.37. The standard InChI is InChI=1S/C19H27N5/c1-2-20-19(21-12-10-16-8-9-16)22-14-17-6-3-4-7-18(17)15-24-13-5-11-23-24/h3-7,11,13,16H,2,8-10,12,14-15H2,1H3,(H2,20,21,22). The SMILES string of the molecule is CCNC(=NCc1ccccc1Cn1cccn1)NCCC1CC1. The summed E-state index contributed by atoms with van der Waals surface area (Å²) in [4.78, 5) is 4.76. The van der Waals surface area contributed by atoms with Crippen LogP contribution in [0.5, 0.6) is 0 Å². The van der Waals surface area contributed by atoms with Gasteiger partial charge in [-0.3, -0.25) is 4.68 Å². The van der Waals surface area contributed by atoms with Crippen molar-refractivity contribution >= 4 is 5.96 Å². The van der Waals surface area contributed by atoms with Gasteiger partial charge in [0.2, 0.25) is 0 Å². The average Bonchev–Trinajstić information content (AvgIpc) is 3.28. The van der Waals surface area contributed by atoms with E-state index in [2.05, 4.69) is 46.9 Å². The van der Waals surface area contributed by atoms with Crippen molar-refractivity contribution in [2.45, 2.75) is 39.3 Å². The highest BCUT2D eigenvalue weighted by molar-refractivity contribution is 5.79. The first kappa shape index (κ1) is 16.6. The van der Waals surface area contributed by atoms with Crippen molar-refractivity contribution in [3.63, 3.8) is 0 Å². The van der Waals surface area contributed by atoms with Gasteiger partial charge in [-0.05, 0) is 36.5 Å². The topological polar surface area (TPSA) is 54.2 Å². The highest BCUT2D eigenvalue weighted by Gasteiger charge is 2.20. The molecule has 2 N–H and O–H groups in total. The average molecular weight is 325 g/mol. The van der Waals surface area contributed by atoms with Crippen LogP contribution in [0.3, 0.4) is 0 Å². The molecule has 0 atom stereocenters. The lowest BCUT2D eigenvalue weighted by Gasteiger charge is -2.12. The maximum absolute atomic E-state index is 4.76. The maximum atomic E-state index is 4.76. The van der Waals surface area contributed by atoms with Crippen molar-refractivity contribution in [2.24, 2.45) is 10.9 Å². The second-order valence-electron chi connectivity index (χ2n) is 6.33. The van der Waals surface area contributed by atoms with Gasteiger partial charge in [-0.15, -0.1) is 0 Å². The van der Waals surface area contributed by atoms with Crippen LogP contribution in [0.1, 0.15) is 37.3 Å². The molecule has 1 aliphatic rings. The molecule has 1 aromatic heterocycles. The molecular weight excluding hydrogens is 298 g/mol. The van der Waals surface area contributed by atoms with Gasteiger partial charge in [0.05, 0.1) is 13.1 Å². The molecule has 24 heavy (non-hydrogen) atoms. The van der Waals surface area contributed by atoms with Gasteiger partial charge in [-0.2, -0.15) is 5.10 Å². The van der Waals surface area contributed by atoms with E-state index in [4.69, 9.17) is 4.99 Å². The minimum Gasteiger partial charge on any atom is -0.357 e. The molecule has 5 nitrogen and oxygen atoms in total. The van der Waals surface area contributed by atoms with Crippen molar-refractivity contribution in [1.29, 1.82) is 0 Å². The fourth-order valence-corrected chi connectivity index (χ4v) is 2.74. The molecule has 0 amide bonds. The lowest BCUT2D eigenvalue weighted by molar-refractivity contribution is 0.677. The predicted molar refractivity (Wildman–Crippen MR) is 97.9 cm³/mol. The van der Waals surface area contributed by atoms with Gasteiger partial charge in [-0.1, -0.05) is 37.1 Å². The minimum absolute atomic E-state index is 0.677. The van der Waals surface area contributed by atoms with Gasteiger partial charge in [0, 0.05) is 25.5 Å². The van der Waals surface area contributed by atoms with Crippen LogP contribution in [-0.2, 0) is 13.1 Å². The molecule has 2 aromatic rings. The van der Waals surface area contributed by atoms with Crippen LogP contribution < -0.4 is 10.6 Å². The Bertz CT molecular complexity index is 644. The summed E-state index contributed by atoms with van der Waals surface area (Å²) < 4.78 is 1.95. The van der Waals surface area contributed by atoms with Crippen LogP contribution in [-0.4, -0.2) is 28.8 Å². The molecule has 0 spiro atoms. The molecule has 5 heteroatoms. The van der Waals surface area contributed by atoms with Crippen molar-refractivity contribution in [3.8, 4) is 0 Å². The van der Waals surface area contributed by atoms with Gasteiger partial charge < -0.3 is 10.6 Å². The zero-order valence-electron chi connectivity index (χ0n) is 14.4. The lowest BCUT2D eigenvalue weighted by atomic mass is 10.1. The monoisotopic (exact) mass is 325 g/mol. The third-order valence-electron chi connectivity index (χ3n) is 4.30. The van der Waals surface area contributed by atoms with Gasteiger partial charge >= 0.3 is 0 Å². The quantitative estimate of drug-likeness (QED) is 0.580. The summed E-state index contributed by atoms with van der Waals surface area (Å²) in [5.74, 6) is 1.85. The van der Waals surface area contributed by atoms with E-state index in [0.29, 0.717) is 6.54 Å². The third kappa shape index (κ3) is 5.11. The summed E-state index contributed by atoms with van der Waals surface area (Å²) in [7, 11) is 0. The Labute approximate surface area is 144 Å². The van der Waals surface area contributed by atoms with Crippen molar-refractivity contribution in [2.75, 3.05) is 13.1 Å². The fourth-order valence-electron chi connectivity index (χ4n) is 2.74. The summed E-state index contributed by atoms with van der Waals surface area (Å²) in [5.41, 5.74) is 2.51. The maximum Gasteiger partial charge on any atom is 0.191 e. The first-order chi connectivity index (χ1) is 11.8. The van der Waals surface area contributed by atoms with Gasteiger partial charge in [0.15, 0.2) is 5.96 Å². The van der Waals surface area contributed by atoms with Crippen LogP contribution in [0, 0.1) is 5.92 Å². The van der Waals surface area contributed by atoms with Crippen molar-refractivity contribution in [3.05, 3.63) is 53.9 Å². The molecule has 128 valence electrons. The fraction of sp³-hybridized carbons (Fsp3) is 0.474. The molecule has 1 aliphatic carbocycles. The van der Waals surface area contributed by atoms with E-state index in [1.807, 2.05) is 23.1 Å². The molecule has 3 rings (SSSR count). The number of rotatable bonds is 8. The molecule has 0 bridgehead atoms. The summed E-state index contributed by atoms with van der Waals surface area (Å²) in [5, 5.41) is 11.1. The highest BCUT2D eigenvalue weighted by atomic mass is 15.3. The van der Waals surface area contributed by atoms with Crippen LogP contribution in [0.25, 0.3) is 0 Å². The first-order valence-electron chi connectivity index (χ1n) is 8.91. The largest absolute Gasteiger partial charge is 0.357 e. The van der Waals surface area contributed by atoms with Crippen LogP contribution >= 0.6 is 0 Å². The molecule has 0 saturated heterocycles. The summed E-state index contributed by atoms with van der Waals surface area (Å²) in [6.45, 7) is 5.44. The molecule has 1 heterocycles. The van der Waals surface area contributed by atoms with E-state index in [1.54, 1.807) is 0 Å². The molecule has 0 aliphatic heterocycles. The summed E-state index contributed by atoms with van der Waals surface area (Å²) in [6, 6.07) is 10.4. The van der Waals surface area contributed by atoms with E-state index >= 15 is 0 Å². The number of nitrogens with zero attached hydrogens (tertiary/aromatic N) is 3. The third-order valence-corrected chi connectivity index (χ3v) is 4.30. The minimum atomic E-state index is 0.677. The van der Waals surface area contributed by atoms with Gasteiger partial charge in [0.1, 0.15) is 0 Å². The summed E-state index contributed by atoms with van der Waals surface area (Å²) in [6.07, 6.45) is 7.85. The Balaban J connectivity index is 1.61. The number of hydrogen-bond donors (Lipinski definition) is 2. The Hall–Kier alpha value is -2.30. The Kier molecular flexibility index (Phi) is 5.88. The van der Waals surface area contributed by atoms with Crippen LogP contribution in [0.4, 0.5) is 0 Å². The number of guanidine groups is 1. The molecule has 1 aromatic carbocycles. The van der Waals surface area contributed by atoms with Crippen LogP contribution in [0.15, 0.2) is 47.7 Å². The number of hydrogen-bond acceptors (Lipinski definition) is 2. The number of benzene rings is 1. The second-order valence-corrected chi connectivity index (χ2v) is 6.33. The Morgan fingerprint density at radius 3 is 2.75 bits per heavy atom. The zero-order chi connectivity index (χ0) is 16.6. The van der Waals surface area contributed by atoms with Gasteiger partial charge in [0.25, 0.3) is 0 Å². The summed E-state index contributed by atoms with van der Waals surface area (Å²) >= 11 is 0. The predicted octanol–water partition coefficient (Wildman–Crippen LogP) is 2.79. The van der Waals surface area contributed by atoms with Gasteiger partial charge in [-0.25, -0.2) is 4.99 Å². The first-order valence-corrected chi connectivity index (χ1v) is 8.91. The number of nitrogens with one attached hydrogen (secondary N) is 2. The van der Waals surface area contributed by atoms with E-state index < -0.39 is 0 Å². The van der Waals surface area contributed by atoms with Crippen molar-refractivity contribution < 1.29 is 0 Å². The Morgan fingerprint density at radius 2 is 2.04 bits per heavy atom. The van der Waals surface area contributed by atoms with Crippen LogP contribution in [0.2, 0.25) is 0 Å². The smallest absolute Gasteiger partial charge is 0.191 e. The zero-order valence-corrected chi connectivity index (χ0v) is 14.4. The molecular formula is C19H27N5. The normalized spacial score (nSPS) is 14.6. The molecule has 0 radical (unpaired) electrons. The molecule has 1 fully saturated rings. The highest BCUT2D eigenvalue weighted by Crippen LogP contribution is 2.31. The molecule has 1 saturated carbocycles. The van der Waals surface area contributed by atoms with E-state index in [-0.39, 0.29) is 0 Å². The van der Waals surface area contributed by atoms with E-state index in [1.165, 1.54) is 30.4 Å². The van der Waals surface area contributed by atoms with E-state index in [0.717, 1.165) is 31.5 Å². The number of aromatic nitrogens is 2. The van der Waals surface area contributed by atoms with Crippen molar-refractivity contribution in [1.82, 2.24) is 20.4 Å². The Morgan fingerprint density at radius 1 is 1.21 bits per heavy atom. The second kappa shape index (κ2) is 8.52. The van der Waals surface area contributed by atoms with E-state index in [9.17, 15) is 0 Å².